The first-order chi connectivity index (χ1) is 9.37. The number of rotatable bonds is 4. The molecule has 1 N–H and O–H groups in total. The van der Waals surface area contributed by atoms with Crippen LogP contribution in [0.25, 0.3) is 0 Å². The number of hydrogen-bond acceptors (Lipinski definition) is 4. The lowest BCUT2D eigenvalue weighted by Crippen LogP contribution is -2.66. The fourth-order valence-electron chi connectivity index (χ4n) is 2.22. The molecule has 0 aliphatic carbocycles. The van der Waals surface area contributed by atoms with Crippen LogP contribution in [0.3, 0.4) is 0 Å². The van der Waals surface area contributed by atoms with E-state index in [0.717, 1.165) is 6.42 Å². The molecule has 1 aromatic heterocycles. The van der Waals surface area contributed by atoms with Gasteiger partial charge in [-0.1, -0.05) is 20.8 Å². The molecule has 0 saturated carbocycles. The van der Waals surface area contributed by atoms with Gasteiger partial charge in [0, 0.05) is 12.6 Å². The van der Waals surface area contributed by atoms with Gasteiger partial charge in [0.2, 0.25) is 0 Å². The maximum Gasteiger partial charge on any atom is 0.274 e. The summed E-state index contributed by atoms with van der Waals surface area (Å²) in [5.41, 5.74) is -0.748. The topological polar surface area (TPSA) is 75.4 Å². The Morgan fingerprint density at radius 3 is 2.65 bits per heavy atom. The van der Waals surface area contributed by atoms with E-state index in [1.807, 2.05) is 20.8 Å². The number of amides is 1. The van der Waals surface area contributed by atoms with Crippen LogP contribution in [0.2, 0.25) is 0 Å². The number of hydrogen-bond donors (Lipinski definition) is 1. The van der Waals surface area contributed by atoms with Crippen molar-refractivity contribution >= 4 is 5.91 Å². The lowest BCUT2D eigenvalue weighted by molar-refractivity contribution is -0.111. The summed E-state index contributed by atoms with van der Waals surface area (Å²) in [5, 5.41) is 14.3. The van der Waals surface area contributed by atoms with Crippen LogP contribution in [0, 0.1) is 5.92 Å². The van der Waals surface area contributed by atoms with Gasteiger partial charge in [0.1, 0.15) is 11.3 Å². The van der Waals surface area contributed by atoms with E-state index in [0.29, 0.717) is 19.6 Å². The molecule has 1 fully saturated rings. The second kappa shape index (κ2) is 5.36. The monoisotopic (exact) mass is 279 g/mol. The number of β-amino-alcohol motifs (C(OH)–C–C–N with tert-alkyl or cyclic N) is 1. The minimum atomic E-state index is -0.798. The SMILES string of the molecule is CCCn1nc(C(=O)N2CC(O)(C(C)C)C2)ccc1=O. The predicted octanol–water partition coefficient (Wildman–Crippen LogP) is 0.496. The third kappa shape index (κ3) is 2.60. The van der Waals surface area contributed by atoms with Gasteiger partial charge in [0.15, 0.2) is 0 Å². The first-order valence-corrected chi connectivity index (χ1v) is 6.97. The number of aliphatic hydroxyl groups is 1. The molecule has 1 aliphatic heterocycles. The second-order valence-electron chi connectivity index (χ2n) is 5.70. The molecule has 0 bridgehead atoms. The third-order valence-electron chi connectivity index (χ3n) is 3.81. The van der Waals surface area contributed by atoms with Crippen LogP contribution < -0.4 is 5.56 Å². The van der Waals surface area contributed by atoms with E-state index in [9.17, 15) is 14.7 Å². The van der Waals surface area contributed by atoms with Crippen LogP contribution in [0.15, 0.2) is 16.9 Å². The molecule has 0 atom stereocenters. The van der Waals surface area contributed by atoms with Crippen molar-refractivity contribution in [2.45, 2.75) is 39.3 Å². The first-order valence-electron chi connectivity index (χ1n) is 6.97. The highest BCUT2D eigenvalue weighted by atomic mass is 16.3. The molecule has 1 aliphatic rings. The molecule has 110 valence electrons. The van der Waals surface area contributed by atoms with E-state index in [4.69, 9.17) is 0 Å². The van der Waals surface area contributed by atoms with E-state index in [-0.39, 0.29) is 23.1 Å². The normalized spacial score (nSPS) is 17.1. The van der Waals surface area contributed by atoms with Gasteiger partial charge in [-0.3, -0.25) is 9.59 Å². The summed E-state index contributed by atoms with van der Waals surface area (Å²) in [5.74, 6) is -0.131. The van der Waals surface area contributed by atoms with Crippen molar-refractivity contribution in [3.8, 4) is 0 Å². The van der Waals surface area contributed by atoms with Gasteiger partial charge in [-0.25, -0.2) is 4.68 Å². The number of carbonyl (C=O) groups is 1. The summed E-state index contributed by atoms with van der Waals surface area (Å²) in [4.78, 5) is 25.4. The molecule has 1 aromatic rings. The minimum absolute atomic E-state index is 0.105. The van der Waals surface area contributed by atoms with Crippen molar-refractivity contribution in [1.29, 1.82) is 0 Å². The zero-order chi connectivity index (χ0) is 14.9. The van der Waals surface area contributed by atoms with Crippen molar-refractivity contribution in [2.24, 2.45) is 5.92 Å². The Bertz CT molecular complexity index is 559. The average molecular weight is 279 g/mol. The molecule has 6 nitrogen and oxygen atoms in total. The van der Waals surface area contributed by atoms with Crippen LogP contribution in [0.5, 0.6) is 0 Å². The van der Waals surface area contributed by atoms with E-state index in [1.54, 1.807) is 4.90 Å². The maximum atomic E-state index is 12.2. The number of aryl methyl sites for hydroxylation is 1. The lowest BCUT2D eigenvalue weighted by atomic mass is 9.83. The molecule has 0 spiro atoms. The Balaban J connectivity index is 2.12. The summed E-state index contributed by atoms with van der Waals surface area (Å²) in [6.07, 6.45) is 0.779. The fraction of sp³-hybridized carbons (Fsp3) is 0.643. The van der Waals surface area contributed by atoms with Gasteiger partial charge >= 0.3 is 0 Å². The molecular weight excluding hydrogens is 258 g/mol. The van der Waals surface area contributed by atoms with Crippen molar-refractivity contribution in [1.82, 2.24) is 14.7 Å². The number of likely N-dealkylation sites (tertiary alicyclic amines) is 1. The molecule has 1 saturated heterocycles. The molecule has 0 aromatic carbocycles. The van der Waals surface area contributed by atoms with Gasteiger partial charge in [0.05, 0.1) is 13.1 Å². The van der Waals surface area contributed by atoms with Crippen molar-refractivity contribution < 1.29 is 9.90 Å². The molecule has 0 radical (unpaired) electrons. The van der Waals surface area contributed by atoms with Gasteiger partial charge < -0.3 is 10.0 Å². The smallest absolute Gasteiger partial charge is 0.274 e. The summed E-state index contributed by atoms with van der Waals surface area (Å²) in [6, 6.07) is 2.81. The number of carbonyl (C=O) groups excluding carboxylic acids is 1. The molecule has 1 amide bonds. The van der Waals surface area contributed by atoms with Crippen molar-refractivity contribution in [3.63, 3.8) is 0 Å². The largest absolute Gasteiger partial charge is 0.386 e. The van der Waals surface area contributed by atoms with E-state index >= 15 is 0 Å². The standard InChI is InChI=1S/C14H21N3O3/c1-4-7-17-12(18)6-5-11(15-17)13(19)16-8-14(20,9-16)10(2)3/h5-6,10,20H,4,7-9H2,1-3H3. The highest BCUT2D eigenvalue weighted by Gasteiger charge is 2.46. The molecule has 20 heavy (non-hydrogen) atoms. The summed E-state index contributed by atoms with van der Waals surface area (Å²) in [7, 11) is 0. The molecule has 2 heterocycles. The summed E-state index contributed by atoms with van der Waals surface area (Å²) >= 11 is 0. The molecule has 2 rings (SSSR count). The zero-order valence-electron chi connectivity index (χ0n) is 12.2. The highest BCUT2D eigenvalue weighted by Crippen LogP contribution is 2.29. The average Bonchev–Trinajstić information content (AvgIpc) is 2.37. The Morgan fingerprint density at radius 2 is 2.10 bits per heavy atom. The van der Waals surface area contributed by atoms with Gasteiger partial charge in [-0.2, -0.15) is 5.10 Å². The van der Waals surface area contributed by atoms with Gasteiger partial charge in [0.25, 0.3) is 11.5 Å². The zero-order valence-corrected chi connectivity index (χ0v) is 12.2. The summed E-state index contributed by atoms with van der Waals surface area (Å²) < 4.78 is 1.31. The Morgan fingerprint density at radius 1 is 1.45 bits per heavy atom. The Hall–Kier alpha value is -1.69. The molecule has 0 unspecified atom stereocenters. The summed E-state index contributed by atoms with van der Waals surface area (Å²) in [6.45, 7) is 6.94. The quantitative estimate of drug-likeness (QED) is 0.870. The predicted molar refractivity (Wildman–Crippen MR) is 74.5 cm³/mol. The van der Waals surface area contributed by atoms with Crippen LogP contribution >= 0.6 is 0 Å². The van der Waals surface area contributed by atoms with E-state index < -0.39 is 5.60 Å². The van der Waals surface area contributed by atoms with Crippen LogP contribution in [-0.2, 0) is 6.54 Å². The van der Waals surface area contributed by atoms with Gasteiger partial charge in [-0.05, 0) is 18.4 Å². The van der Waals surface area contributed by atoms with E-state index in [1.165, 1.54) is 16.8 Å². The van der Waals surface area contributed by atoms with Crippen molar-refractivity contribution in [3.05, 3.63) is 28.2 Å². The van der Waals surface area contributed by atoms with Crippen LogP contribution in [-0.4, -0.2) is 44.4 Å². The molecular formula is C14H21N3O3. The maximum absolute atomic E-state index is 12.2. The van der Waals surface area contributed by atoms with Gasteiger partial charge in [-0.15, -0.1) is 0 Å². The lowest BCUT2D eigenvalue weighted by Gasteiger charge is -2.48. The minimum Gasteiger partial charge on any atom is -0.386 e. The number of aromatic nitrogens is 2. The fourth-order valence-corrected chi connectivity index (χ4v) is 2.22. The Labute approximate surface area is 118 Å². The van der Waals surface area contributed by atoms with E-state index in [2.05, 4.69) is 5.10 Å². The Kier molecular flexibility index (Phi) is 3.94. The number of nitrogens with zero attached hydrogens (tertiary/aromatic N) is 3. The highest BCUT2D eigenvalue weighted by molar-refractivity contribution is 5.92. The van der Waals surface area contributed by atoms with Crippen LogP contribution in [0.1, 0.15) is 37.7 Å². The molecule has 6 heteroatoms. The third-order valence-corrected chi connectivity index (χ3v) is 3.81. The van der Waals surface area contributed by atoms with Crippen molar-refractivity contribution in [2.75, 3.05) is 13.1 Å². The first kappa shape index (κ1) is 14.7. The second-order valence-corrected chi connectivity index (χ2v) is 5.70. The van der Waals surface area contributed by atoms with Crippen LogP contribution in [0.4, 0.5) is 0 Å².